The van der Waals surface area contributed by atoms with Crippen LogP contribution in [-0.4, -0.2) is 18.2 Å². The maximum absolute atomic E-state index is 12.6. The number of hydrogen-bond donors (Lipinski definition) is 1. The number of benzene rings is 1. The summed E-state index contributed by atoms with van der Waals surface area (Å²) in [6.07, 6.45) is -3.63. The van der Waals surface area contributed by atoms with Crippen LogP contribution < -0.4 is 4.74 Å². The Kier molecular flexibility index (Phi) is 2.76. The number of halogens is 3. The van der Waals surface area contributed by atoms with Crippen LogP contribution in [0.4, 0.5) is 13.2 Å². The zero-order chi connectivity index (χ0) is 13.6. The lowest BCUT2D eigenvalue weighted by Gasteiger charge is -2.16. The molecule has 98 valence electrons. The molecule has 0 amide bonds. The summed E-state index contributed by atoms with van der Waals surface area (Å²) < 4.78 is 42.6. The Morgan fingerprint density at radius 1 is 1.39 bits per heavy atom. The topological polar surface area (TPSA) is 46.5 Å². The Bertz CT molecular complexity index is 490. The van der Waals surface area contributed by atoms with E-state index in [9.17, 15) is 18.0 Å². The summed E-state index contributed by atoms with van der Waals surface area (Å²) in [6.45, 7) is 0. The quantitative estimate of drug-likeness (QED) is 0.909. The van der Waals surface area contributed by atoms with Crippen molar-refractivity contribution in [1.29, 1.82) is 0 Å². The number of methoxy groups -OCH3 is 1. The lowest BCUT2D eigenvalue weighted by molar-refractivity contribution is -0.140. The number of alkyl halides is 3. The van der Waals surface area contributed by atoms with Gasteiger partial charge in [0.05, 0.1) is 18.1 Å². The van der Waals surface area contributed by atoms with Gasteiger partial charge in [-0.1, -0.05) is 6.07 Å². The van der Waals surface area contributed by atoms with Gasteiger partial charge < -0.3 is 9.84 Å². The number of ether oxygens (including phenoxy) is 1. The second-order valence-corrected chi connectivity index (χ2v) is 4.30. The van der Waals surface area contributed by atoms with Gasteiger partial charge in [-0.25, -0.2) is 0 Å². The van der Waals surface area contributed by atoms with E-state index in [4.69, 9.17) is 9.84 Å². The molecule has 0 spiro atoms. The average molecular weight is 260 g/mol. The summed E-state index contributed by atoms with van der Waals surface area (Å²) >= 11 is 0. The van der Waals surface area contributed by atoms with Crippen molar-refractivity contribution in [2.75, 3.05) is 7.11 Å². The Labute approximate surface area is 101 Å². The van der Waals surface area contributed by atoms with E-state index in [0.717, 1.165) is 13.2 Å². The molecule has 1 N–H and O–H groups in total. The Hall–Kier alpha value is -1.72. The highest BCUT2D eigenvalue weighted by Crippen LogP contribution is 2.50. The van der Waals surface area contributed by atoms with Crippen LogP contribution in [0.25, 0.3) is 0 Å². The molecule has 0 radical (unpaired) electrons. The number of aliphatic carboxylic acids is 1. The first-order valence-electron chi connectivity index (χ1n) is 5.30. The van der Waals surface area contributed by atoms with Gasteiger partial charge in [0.25, 0.3) is 0 Å². The maximum Gasteiger partial charge on any atom is 0.419 e. The predicted molar refractivity (Wildman–Crippen MR) is 56.5 cm³/mol. The van der Waals surface area contributed by atoms with Gasteiger partial charge in [0.15, 0.2) is 0 Å². The fraction of sp³-hybridized carbons (Fsp3) is 0.417. The number of rotatable bonds is 3. The molecule has 1 aliphatic carbocycles. The van der Waals surface area contributed by atoms with Crippen LogP contribution in [0, 0.1) is 0 Å². The van der Waals surface area contributed by atoms with Crippen molar-refractivity contribution < 1.29 is 27.8 Å². The van der Waals surface area contributed by atoms with Crippen LogP contribution >= 0.6 is 0 Å². The standard InChI is InChI=1S/C12H11F3O3/c1-18-9-6-7(11(4-5-11)10(16)17)2-3-8(9)12(13,14)15/h2-3,6H,4-5H2,1H3,(H,16,17). The number of carboxylic acids is 1. The molecular formula is C12H11F3O3. The summed E-state index contributed by atoms with van der Waals surface area (Å²) in [5.74, 6) is -1.35. The third-order valence-electron chi connectivity index (χ3n) is 3.22. The smallest absolute Gasteiger partial charge is 0.419 e. The second kappa shape index (κ2) is 3.90. The van der Waals surface area contributed by atoms with E-state index < -0.39 is 23.1 Å². The van der Waals surface area contributed by atoms with Gasteiger partial charge in [0, 0.05) is 0 Å². The van der Waals surface area contributed by atoms with Crippen molar-refractivity contribution in [1.82, 2.24) is 0 Å². The molecule has 1 saturated carbocycles. The monoisotopic (exact) mass is 260 g/mol. The summed E-state index contributed by atoms with van der Waals surface area (Å²) in [4.78, 5) is 11.1. The Balaban J connectivity index is 2.46. The normalized spacial score (nSPS) is 17.3. The molecule has 1 fully saturated rings. The van der Waals surface area contributed by atoms with Crippen molar-refractivity contribution in [3.63, 3.8) is 0 Å². The third kappa shape index (κ3) is 1.91. The van der Waals surface area contributed by atoms with E-state index in [1.54, 1.807) is 0 Å². The van der Waals surface area contributed by atoms with E-state index in [1.165, 1.54) is 12.1 Å². The van der Waals surface area contributed by atoms with Gasteiger partial charge >= 0.3 is 12.1 Å². The third-order valence-corrected chi connectivity index (χ3v) is 3.22. The predicted octanol–water partition coefficient (Wildman–Crippen LogP) is 2.83. The lowest BCUT2D eigenvalue weighted by Crippen LogP contribution is -2.20. The molecule has 0 bridgehead atoms. The molecule has 0 heterocycles. The number of hydrogen-bond acceptors (Lipinski definition) is 2. The molecule has 0 aromatic heterocycles. The van der Waals surface area contributed by atoms with Gasteiger partial charge in [0.1, 0.15) is 5.75 Å². The SMILES string of the molecule is COc1cc(C2(C(=O)O)CC2)ccc1C(F)(F)F. The molecule has 1 aromatic carbocycles. The molecule has 18 heavy (non-hydrogen) atoms. The molecule has 0 aliphatic heterocycles. The summed E-state index contributed by atoms with van der Waals surface area (Å²) in [6, 6.07) is 3.26. The zero-order valence-electron chi connectivity index (χ0n) is 9.54. The Morgan fingerprint density at radius 3 is 2.39 bits per heavy atom. The average Bonchev–Trinajstić information content (AvgIpc) is 3.08. The van der Waals surface area contributed by atoms with Crippen molar-refractivity contribution in [3.8, 4) is 5.75 Å². The summed E-state index contributed by atoms with van der Waals surface area (Å²) in [5.41, 5.74) is -1.56. The molecular weight excluding hydrogens is 249 g/mol. The van der Waals surface area contributed by atoms with E-state index in [0.29, 0.717) is 18.4 Å². The first kappa shape index (κ1) is 12.7. The van der Waals surface area contributed by atoms with Crippen molar-refractivity contribution in [2.24, 2.45) is 0 Å². The van der Waals surface area contributed by atoms with E-state index in [-0.39, 0.29) is 5.75 Å². The van der Waals surface area contributed by atoms with Crippen LogP contribution in [0.15, 0.2) is 18.2 Å². The van der Waals surface area contributed by atoms with E-state index in [1.807, 2.05) is 0 Å². The molecule has 0 unspecified atom stereocenters. The van der Waals surface area contributed by atoms with Gasteiger partial charge in [-0.3, -0.25) is 4.79 Å². The molecule has 1 aromatic rings. The first-order chi connectivity index (χ1) is 8.31. The van der Waals surface area contributed by atoms with Crippen LogP contribution in [-0.2, 0) is 16.4 Å². The number of carboxylic acid groups (broad SMARTS) is 1. The minimum atomic E-state index is -4.51. The largest absolute Gasteiger partial charge is 0.496 e. The minimum Gasteiger partial charge on any atom is -0.496 e. The molecule has 0 atom stereocenters. The molecule has 1 aliphatic rings. The van der Waals surface area contributed by atoms with Crippen LogP contribution in [0.1, 0.15) is 24.0 Å². The highest BCUT2D eigenvalue weighted by atomic mass is 19.4. The molecule has 3 nitrogen and oxygen atoms in total. The van der Waals surface area contributed by atoms with Crippen LogP contribution in [0.2, 0.25) is 0 Å². The van der Waals surface area contributed by atoms with E-state index in [2.05, 4.69) is 0 Å². The van der Waals surface area contributed by atoms with Crippen molar-refractivity contribution >= 4 is 5.97 Å². The fourth-order valence-corrected chi connectivity index (χ4v) is 1.97. The van der Waals surface area contributed by atoms with Gasteiger partial charge in [0.2, 0.25) is 0 Å². The van der Waals surface area contributed by atoms with Crippen molar-refractivity contribution in [3.05, 3.63) is 29.3 Å². The first-order valence-corrected chi connectivity index (χ1v) is 5.30. The Morgan fingerprint density at radius 2 is 2.00 bits per heavy atom. The van der Waals surface area contributed by atoms with Gasteiger partial charge in [-0.05, 0) is 30.5 Å². The highest BCUT2D eigenvalue weighted by Gasteiger charge is 2.52. The van der Waals surface area contributed by atoms with Crippen LogP contribution in [0.5, 0.6) is 5.75 Å². The molecule has 6 heteroatoms. The summed E-state index contributed by atoms with van der Waals surface area (Å²) in [7, 11) is 1.13. The van der Waals surface area contributed by atoms with Gasteiger partial charge in [-0.15, -0.1) is 0 Å². The molecule has 2 rings (SSSR count). The lowest BCUT2D eigenvalue weighted by atomic mass is 9.94. The zero-order valence-corrected chi connectivity index (χ0v) is 9.54. The van der Waals surface area contributed by atoms with Crippen molar-refractivity contribution in [2.45, 2.75) is 24.4 Å². The summed E-state index contributed by atoms with van der Waals surface area (Å²) in [5, 5.41) is 9.09. The van der Waals surface area contributed by atoms with Crippen LogP contribution in [0.3, 0.4) is 0 Å². The minimum absolute atomic E-state index is 0.340. The maximum atomic E-state index is 12.6. The molecule has 0 saturated heterocycles. The highest BCUT2D eigenvalue weighted by molar-refractivity contribution is 5.85. The number of carbonyl (C=O) groups is 1. The second-order valence-electron chi connectivity index (χ2n) is 4.30. The van der Waals surface area contributed by atoms with E-state index >= 15 is 0 Å². The van der Waals surface area contributed by atoms with Gasteiger partial charge in [-0.2, -0.15) is 13.2 Å². The fourth-order valence-electron chi connectivity index (χ4n) is 1.97.